The number of pyridine rings is 1. The standard InChI is InChI=1S/C22H19N3O/c1-22(2,26)11-9-17-4-3-13-25-21(17)20(15-24-25)18-6-8-19-7-5-16(14-18)10-12-23-19/h3-8,10,12-16,26H,1-2H3/b8-6-,18-14+. The Morgan fingerprint density at radius 1 is 1.19 bits per heavy atom. The number of hydrogen-bond acceptors (Lipinski definition) is 3. The van der Waals surface area contributed by atoms with Gasteiger partial charge in [-0.25, -0.2) is 4.52 Å². The summed E-state index contributed by atoms with van der Waals surface area (Å²) in [6.07, 6.45) is 18.1. The molecule has 3 heterocycles. The highest BCUT2D eigenvalue weighted by molar-refractivity contribution is 6.06. The van der Waals surface area contributed by atoms with Crippen molar-refractivity contribution in [2.75, 3.05) is 0 Å². The fourth-order valence-corrected chi connectivity index (χ4v) is 2.95. The highest BCUT2D eigenvalue weighted by Gasteiger charge is 2.14. The summed E-state index contributed by atoms with van der Waals surface area (Å²) in [5.41, 5.74) is 3.74. The van der Waals surface area contributed by atoms with Gasteiger partial charge in [0.15, 0.2) is 0 Å². The van der Waals surface area contributed by atoms with E-state index in [-0.39, 0.29) is 5.92 Å². The van der Waals surface area contributed by atoms with E-state index in [1.165, 1.54) is 0 Å². The summed E-state index contributed by atoms with van der Waals surface area (Å²) in [5, 5.41) is 14.4. The van der Waals surface area contributed by atoms with Crippen LogP contribution in [0.3, 0.4) is 0 Å². The van der Waals surface area contributed by atoms with Crippen LogP contribution in [0.5, 0.6) is 0 Å². The van der Waals surface area contributed by atoms with Crippen LogP contribution < -0.4 is 0 Å². The molecule has 0 fully saturated rings. The highest BCUT2D eigenvalue weighted by Crippen LogP contribution is 2.27. The van der Waals surface area contributed by atoms with Crippen LogP contribution in [0, 0.1) is 17.8 Å². The van der Waals surface area contributed by atoms with Crippen molar-refractivity contribution < 1.29 is 5.11 Å². The SMILES string of the molecule is CC(C)(O)C#Cc1cccn2ncc(C3=C/C4C=CN=C(C=C4)/C=C\3)c12. The molecule has 0 spiro atoms. The van der Waals surface area contributed by atoms with Crippen LogP contribution in [0.4, 0.5) is 0 Å². The zero-order chi connectivity index (χ0) is 18.1. The predicted octanol–water partition coefficient (Wildman–Crippen LogP) is 3.55. The van der Waals surface area contributed by atoms with Gasteiger partial charge in [0.2, 0.25) is 0 Å². The second-order valence-electron chi connectivity index (χ2n) is 6.87. The van der Waals surface area contributed by atoms with E-state index in [1.807, 2.05) is 47.4 Å². The maximum Gasteiger partial charge on any atom is 0.120 e. The van der Waals surface area contributed by atoms with Gasteiger partial charge in [-0.05, 0) is 43.7 Å². The number of fused-ring (bicyclic) bond motifs is 3. The monoisotopic (exact) mass is 341 g/mol. The molecule has 2 aromatic rings. The van der Waals surface area contributed by atoms with Crippen molar-refractivity contribution in [3.63, 3.8) is 0 Å². The van der Waals surface area contributed by atoms with E-state index >= 15 is 0 Å². The van der Waals surface area contributed by atoms with Crippen molar-refractivity contribution in [2.45, 2.75) is 19.4 Å². The van der Waals surface area contributed by atoms with E-state index in [0.29, 0.717) is 0 Å². The number of aromatic nitrogens is 2. The Labute approximate surface area is 152 Å². The summed E-state index contributed by atoms with van der Waals surface area (Å²) in [5.74, 6) is 6.18. The largest absolute Gasteiger partial charge is 0.378 e. The van der Waals surface area contributed by atoms with E-state index in [9.17, 15) is 5.11 Å². The fraction of sp³-hybridized carbons (Fsp3) is 0.182. The lowest BCUT2D eigenvalue weighted by Crippen LogP contribution is -2.14. The molecule has 0 saturated heterocycles. The molecule has 26 heavy (non-hydrogen) atoms. The molecule has 2 aromatic heterocycles. The molecule has 0 amide bonds. The average molecular weight is 341 g/mol. The molecular formula is C22H19N3O. The predicted molar refractivity (Wildman–Crippen MR) is 105 cm³/mol. The second-order valence-corrected chi connectivity index (χ2v) is 6.87. The van der Waals surface area contributed by atoms with Gasteiger partial charge in [0.1, 0.15) is 5.60 Å². The molecule has 0 radical (unpaired) electrons. The van der Waals surface area contributed by atoms with Crippen molar-refractivity contribution in [3.05, 3.63) is 78.3 Å². The number of aliphatic hydroxyl groups is 1. The molecule has 1 aliphatic carbocycles. The molecule has 1 unspecified atom stereocenters. The lowest BCUT2D eigenvalue weighted by Gasteiger charge is -2.09. The zero-order valence-electron chi connectivity index (χ0n) is 14.7. The zero-order valence-corrected chi connectivity index (χ0v) is 14.7. The van der Waals surface area contributed by atoms with Crippen molar-refractivity contribution >= 4 is 16.8 Å². The third kappa shape index (κ3) is 3.30. The van der Waals surface area contributed by atoms with Crippen LogP contribution in [-0.4, -0.2) is 26.0 Å². The van der Waals surface area contributed by atoms with Gasteiger partial charge in [0, 0.05) is 23.9 Å². The summed E-state index contributed by atoms with van der Waals surface area (Å²) in [6, 6.07) is 3.86. The van der Waals surface area contributed by atoms with Crippen molar-refractivity contribution in [3.8, 4) is 11.8 Å². The molecule has 128 valence electrons. The molecule has 1 aliphatic heterocycles. The molecule has 4 heteroatoms. The summed E-state index contributed by atoms with van der Waals surface area (Å²) in [6.45, 7) is 3.36. The normalized spacial score (nSPS) is 21.9. The third-order valence-electron chi connectivity index (χ3n) is 4.18. The van der Waals surface area contributed by atoms with E-state index < -0.39 is 5.60 Å². The second kappa shape index (κ2) is 6.29. The summed E-state index contributed by atoms with van der Waals surface area (Å²) in [4.78, 5) is 4.41. The van der Waals surface area contributed by atoms with Crippen LogP contribution in [0.1, 0.15) is 25.0 Å². The van der Waals surface area contributed by atoms with Gasteiger partial charge in [-0.15, -0.1) is 0 Å². The van der Waals surface area contributed by atoms with E-state index in [4.69, 9.17) is 0 Å². The first-order valence-corrected chi connectivity index (χ1v) is 8.54. The number of nitrogens with zero attached hydrogens (tertiary/aromatic N) is 3. The molecule has 0 saturated carbocycles. The Morgan fingerprint density at radius 3 is 2.92 bits per heavy atom. The highest BCUT2D eigenvalue weighted by atomic mass is 16.3. The molecule has 1 atom stereocenters. The van der Waals surface area contributed by atoms with Crippen molar-refractivity contribution in [1.82, 2.24) is 9.61 Å². The minimum absolute atomic E-state index is 0.181. The quantitative estimate of drug-likeness (QED) is 0.807. The fourth-order valence-electron chi connectivity index (χ4n) is 2.95. The Hall–Kier alpha value is -3.16. The van der Waals surface area contributed by atoms with Crippen molar-refractivity contribution in [1.29, 1.82) is 0 Å². The smallest absolute Gasteiger partial charge is 0.120 e. The van der Waals surface area contributed by atoms with Crippen LogP contribution in [-0.2, 0) is 0 Å². The molecule has 0 aromatic carbocycles. The lowest BCUT2D eigenvalue weighted by molar-refractivity contribution is 0.143. The van der Waals surface area contributed by atoms with Gasteiger partial charge in [0.05, 0.1) is 23.0 Å². The molecule has 4 nitrogen and oxygen atoms in total. The summed E-state index contributed by atoms with van der Waals surface area (Å²) >= 11 is 0. The number of allylic oxidation sites excluding steroid dienone is 7. The van der Waals surface area contributed by atoms with E-state index in [1.54, 1.807) is 13.8 Å². The number of aliphatic imine (C=N–C) groups is 1. The average Bonchev–Trinajstić information content (AvgIpc) is 2.93. The molecular weight excluding hydrogens is 322 g/mol. The Kier molecular flexibility index (Phi) is 3.95. The van der Waals surface area contributed by atoms with Crippen LogP contribution in [0.2, 0.25) is 0 Å². The van der Waals surface area contributed by atoms with Gasteiger partial charge in [-0.3, -0.25) is 4.99 Å². The summed E-state index contributed by atoms with van der Waals surface area (Å²) in [7, 11) is 0. The maximum atomic E-state index is 9.94. The number of hydrogen-bond donors (Lipinski definition) is 1. The first-order chi connectivity index (χ1) is 12.5. The Bertz CT molecular complexity index is 1080. The molecule has 2 bridgehead atoms. The molecule has 2 aliphatic rings. The van der Waals surface area contributed by atoms with Gasteiger partial charge < -0.3 is 5.11 Å². The third-order valence-corrected chi connectivity index (χ3v) is 4.18. The van der Waals surface area contributed by atoms with Crippen molar-refractivity contribution in [2.24, 2.45) is 10.9 Å². The minimum atomic E-state index is -1.04. The Balaban J connectivity index is 1.89. The first kappa shape index (κ1) is 16.3. The Morgan fingerprint density at radius 2 is 2.08 bits per heavy atom. The van der Waals surface area contributed by atoms with Gasteiger partial charge in [-0.1, -0.05) is 36.1 Å². The van der Waals surface area contributed by atoms with Gasteiger partial charge in [-0.2, -0.15) is 5.10 Å². The van der Waals surface area contributed by atoms with E-state index in [0.717, 1.165) is 27.9 Å². The van der Waals surface area contributed by atoms with Crippen LogP contribution >= 0.6 is 0 Å². The molecule has 1 N–H and O–H groups in total. The first-order valence-electron chi connectivity index (χ1n) is 8.54. The molecule has 4 rings (SSSR count). The minimum Gasteiger partial charge on any atom is -0.378 e. The van der Waals surface area contributed by atoms with Crippen LogP contribution in [0.15, 0.2) is 72.2 Å². The van der Waals surface area contributed by atoms with E-state index in [2.05, 4.69) is 46.2 Å². The van der Waals surface area contributed by atoms with Gasteiger partial charge >= 0.3 is 0 Å². The van der Waals surface area contributed by atoms with Gasteiger partial charge in [0.25, 0.3) is 0 Å². The van der Waals surface area contributed by atoms with Crippen LogP contribution in [0.25, 0.3) is 11.1 Å². The topological polar surface area (TPSA) is 49.9 Å². The lowest BCUT2D eigenvalue weighted by atomic mass is 9.96. The number of rotatable bonds is 1. The maximum absolute atomic E-state index is 9.94. The summed E-state index contributed by atoms with van der Waals surface area (Å²) < 4.78 is 1.83.